The molecular formula is C25H29N5O4S. The van der Waals surface area contributed by atoms with Crippen LogP contribution in [0.4, 0.5) is 0 Å². The molecule has 0 saturated carbocycles. The van der Waals surface area contributed by atoms with E-state index in [1.54, 1.807) is 28.1 Å². The molecule has 1 unspecified atom stereocenters. The Morgan fingerprint density at radius 1 is 1.23 bits per heavy atom. The van der Waals surface area contributed by atoms with Gasteiger partial charge in [-0.15, -0.1) is 11.3 Å². The molecule has 0 bridgehead atoms. The number of benzene rings is 1. The Kier molecular flexibility index (Phi) is 5.96. The fraction of sp³-hybridized carbons (Fsp3) is 0.480. The molecule has 1 aromatic heterocycles. The topological polar surface area (TPSA) is 115 Å². The van der Waals surface area contributed by atoms with Crippen LogP contribution in [-0.2, 0) is 19.9 Å². The molecular weight excluding hydrogens is 466 g/mol. The Bertz CT molecular complexity index is 1210. The van der Waals surface area contributed by atoms with Crippen LogP contribution in [0.3, 0.4) is 0 Å². The lowest BCUT2D eigenvalue weighted by Crippen LogP contribution is -2.52. The second kappa shape index (κ2) is 8.83. The molecule has 2 fully saturated rings. The number of nitrogens with one attached hydrogen (secondary N) is 1. The van der Waals surface area contributed by atoms with Gasteiger partial charge in [-0.25, -0.2) is 9.98 Å². The SMILES string of the molecule is CC(=O)N1CCC[C@H]1C(=O)N1C[C@H](O)CC1C1=N[C@@](C)(c2ccc(-c3scnc3C)cc2)C(=O)N1. The van der Waals surface area contributed by atoms with Gasteiger partial charge in [0, 0.05) is 26.4 Å². The maximum Gasteiger partial charge on any atom is 0.257 e. The van der Waals surface area contributed by atoms with Gasteiger partial charge in [0.05, 0.1) is 28.2 Å². The first-order valence-electron chi connectivity index (χ1n) is 11.9. The molecule has 1 aromatic carbocycles. The number of likely N-dealkylation sites (tertiary alicyclic amines) is 2. The van der Waals surface area contributed by atoms with E-state index in [-0.39, 0.29) is 30.7 Å². The molecule has 4 heterocycles. The van der Waals surface area contributed by atoms with Crippen molar-refractivity contribution in [2.75, 3.05) is 13.1 Å². The van der Waals surface area contributed by atoms with E-state index in [0.717, 1.165) is 28.1 Å². The van der Waals surface area contributed by atoms with Crippen molar-refractivity contribution in [2.24, 2.45) is 4.99 Å². The molecule has 5 rings (SSSR count). The number of aromatic nitrogens is 1. The Hall–Kier alpha value is -3.11. The smallest absolute Gasteiger partial charge is 0.257 e. The van der Waals surface area contributed by atoms with Crippen LogP contribution >= 0.6 is 11.3 Å². The number of thiazole rings is 1. The van der Waals surface area contributed by atoms with Crippen LogP contribution < -0.4 is 5.32 Å². The molecule has 0 spiro atoms. The summed E-state index contributed by atoms with van der Waals surface area (Å²) in [7, 11) is 0. The third kappa shape index (κ3) is 4.04. The lowest BCUT2D eigenvalue weighted by molar-refractivity contribution is -0.142. The Morgan fingerprint density at radius 2 is 1.97 bits per heavy atom. The predicted molar refractivity (Wildman–Crippen MR) is 132 cm³/mol. The maximum absolute atomic E-state index is 13.4. The molecule has 4 atom stereocenters. The molecule has 0 radical (unpaired) electrons. The van der Waals surface area contributed by atoms with Crippen LogP contribution in [0, 0.1) is 6.92 Å². The van der Waals surface area contributed by atoms with Crippen molar-refractivity contribution in [1.29, 1.82) is 0 Å². The third-order valence-electron chi connectivity index (χ3n) is 7.30. The minimum absolute atomic E-state index is 0.131. The summed E-state index contributed by atoms with van der Waals surface area (Å²) in [6.07, 6.45) is 0.936. The highest BCUT2D eigenvalue weighted by atomic mass is 32.1. The lowest BCUT2D eigenvalue weighted by atomic mass is 9.91. The average molecular weight is 496 g/mol. The van der Waals surface area contributed by atoms with Gasteiger partial charge in [-0.1, -0.05) is 24.3 Å². The Morgan fingerprint density at radius 3 is 2.63 bits per heavy atom. The summed E-state index contributed by atoms with van der Waals surface area (Å²) >= 11 is 1.57. The number of amides is 3. The fourth-order valence-electron chi connectivity index (χ4n) is 5.34. The van der Waals surface area contributed by atoms with Crippen molar-refractivity contribution in [3.63, 3.8) is 0 Å². The van der Waals surface area contributed by atoms with E-state index in [1.165, 1.54) is 6.92 Å². The summed E-state index contributed by atoms with van der Waals surface area (Å²) < 4.78 is 0. The molecule has 3 aliphatic rings. The van der Waals surface area contributed by atoms with Crippen LogP contribution in [0.2, 0.25) is 0 Å². The first kappa shape index (κ1) is 23.6. The van der Waals surface area contributed by atoms with E-state index in [0.29, 0.717) is 18.8 Å². The summed E-state index contributed by atoms with van der Waals surface area (Å²) in [6.45, 7) is 5.90. The number of hydrogen-bond donors (Lipinski definition) is 2. The molecule has 10 heteroatoms. The number of β-amino-alcohol motifs (C(OH)–C–C–N with tert-alkyl or cyclic N) is 1. The van der Waals surface area contributed by atoms with Crippen LogP contribution in [0.15, 0.2) is 34.8 Å². The van der Waals surface area contributed by atoms with Gasteiger partial charge in [0.15, 0.2) is 5.54 Å². The zero-order valence-electron chi connectivity index (χ0n) is 20.0. The molecule has 2 saturated heterocycles. The highest BCUT2D eigenvalue weighted by Crippen LogP contribution is 2.35. The van der Waals surface area contributed by atoms with E-state index in [1.807, 2.05) is 36.7 Å². The van der Waals surface area contributed by atoms with E-state index in [4.69, 9.17) is 4.99 Å². The number of aliphatic hydroxyl groups is 1. The van der Waals surface area contributed by atoms with Gasteiger partial charge in [-0.3, -0.25) is 14.4 Å². The average Bonchev–Trinajstić information content (AvgIpc) is 3.61. The first-order valence-corrected chi connectivity index (χ1v) is 12.7. The van der Waals surface area contributed by atoms with Gasteiger partial charge >= 0.3 is 0 Å². The molecule has 2 aromatic rings. The number of carbonyl (C=O) groups is 3. The number of nitrogens with zero attached hydrogens (tertiary/aromatic N) is 4. The largest absolute Gasteiger partial charge is 0.391 e. The summed E-state index contributed by atoms with van der Waals surface area (Å²) in [6, 6.07) is 6.65. The van der Waals surface area contributed by atoms with Crippen molar-refractivity contribution in [3.8, 4) is 10.4 Å². The van der Waals surface area contributed by atoms with E-state index in [9.17, 15) is 19.5 Å². The normalized spacial score (nSPS) is 28.4. The van der Waals surface area contributed by atoms with E-state index < -0.39 is 23.7 Å². The molecule has 184 valence electrons. The molecule has 2 N–H and O–H groups in total. The second-order valence-corrected chi connectivity index (χ2v) is 10.5. The number of aryl methyl sites for hydroxylation is 1. The second-order valence-electron chi connectivity index (χ2n) is 9.63. The summed E-state index contributed by atoms with van der Waals surface area (Å²) in [4.78, 5) is 51.9. The van der Waals surface area contributed by atoms with Gasteiger partial charge in [0.25, 0.3) is 5.91 Å². The minimum Gasteiger partial charge on any atom is -0.391 e. The quantitative estimate of drug-likeness (QED) is 0.672. The van der Waals surface area contributed by atoms with Gasteiger partial charge in [-0.05, 0) is 37.8 Å². The van der Waals surface area contributed by atoms with Crippen LogP contribution in [-0.4, -0.2) is 74.7 Å². The molecule has 9 nitrogen and oxygen atoms in total. The van der Waals surface area contributed by atoms with Crippen molar-refractivity contribution < 1.29 is 19.5 Å². The van der Waals surface area contributed by atoms with Crippen molar-refractivity contribution in [3.05, 3.63) is 41.0 Å². The van der Waals surface area contributed by atoms with E-state index >= 15 is 0 Å². The van der Waals surface area contributed by atoms with Gasteiger partial charge < -0.3 is 20.2 Å². The third-order valence-corrected chi connectivity index (χ3v) is 8.28. The monoisotopic (exact) mass is 495 g/mol. The van der Waals surface area contributed by atoms with Crippen molar-refractivity contribution in [2.45, 2.75) is 63.8 Å². The summed E-state index contributed by atoms with van der Waals surface area (Å²) in [5, 5.41) is 13.3. The van der Waals surface area contributed by atoms with Crippen molar-refractivity contribution >= 4 is 34.9 Å². The zero-order chi connectivity index (χ0) is 24.9. The minimum atomic E-state index is -1.14. The number of amidine groups is 1. The molecule has 35 heavy (non-hydrogen) atoms. The maximum atomic E-state index is 13.4. The molecule has 0 aliphatic carbocycles. The Balaban J connectivity index is 1.41. The van der Waals surface area contributed by atoms with Crippen molar-refractivity contribution in [1.82, 2.24) is 20.1 Å². The van der Waals surface area contributed by atoms with Gasteiger partial charge in [0.1, 0.15) is 11.9 Å². The van der Waals surface area contributed by atoms with Crippen LogP contribution in [0.5, 0.6) is 0 Å². The summed E-state index contributed by atoms with van der Waals surface area (Å²) in [5.74, 6) is -0.214. The van der Waals surface area contributed by atoms with Gasteiger partial charge in [0.2, 0.25) is 11.8 Å². The van der Waals surface area contributed by atoms with Crippen LogP contribution in [0.1, 0.15) is 44.4 Å². The van der Waals surface area contributed by atoms with Crippen LogP contribution in [0.25, 0.3) is 10.4 Å². The van der Waals surface area contributed by atoms with Gasteiger partial charge in [-0.2, -0.15) is 0 Å². The lowest BCUT2D eigenvalue weighted by Gasteiger charge is -2.30. The molecule has 3 amide bonds. The fourth-order valence-corrected chi connectivity index (χ4v) is 6.16. The Labute approximate surface area is 207 Å². The number of carbonyl (C=O) groups excluding carboxylic acids is 3. The zero-order valence-corrected chi connectivity index (χ0v) is 20.8. The number of aliphatic imine (C=N–C) groups is 1. The highest BCUT2D eigenvalue weighted by molar-refractivity contribution is 7.13. The number of hydrogen-bond acceptors (Lipinski definition) is 7. The molecule has 3 aliphatic heterocycles. The standard InChI is InChI=1S/C25H29N5O4S/c1-14-21(35-13-26-14)16-6-8-17(9-7-16)25(3)24(34)27-22(28-25)20-11-18(32)12-30(20)23(33)19-5-4-10-29(19)15(2)31/h6-9,13,18-20,32H,4-5,10-12H2,1-3H3,(H,27,28,34)/t18-,19+,20?,25+/m1/s1. The van der Waals surface area contributed by atoms with E-state index in [2.05, 4.69) is 10.3 Å². The number of aliphatic hydroxyl groups excluding tert-OH is 1. The highest BCUT2D eigenvalue weighted by Gasteiger charge is 2.48. The predicted octanol–water partition coefficient (Wildman–Crippen LogP) is 1.83. The number of rotatable bonds is 4. The first-order chi connectivity index (χ1) is 16.7. The summed E-state index contributed by atoms with van der Waals surface area (Å²) in [5.41, 5.74) is 3.40.